The monoisotopic (exact) mass is 307 g/mol. The zero-order valence-electron chi connectivity index (χ0n) is 8.78. The lowest BCUT2D eigenvalue weighted by molar-refractivity contribution is 0.419. The van der Waals surface area contributed by atoms with Gasteiger partial charge in [0.2, 0.25) is 0 Å². The van der Waals surface area contributed by atoms with E-state index in [4.69, 9.17) is 0 Å². The molecule has 1 aromatic rings. The van der Waals surface area contributed by atoms with Crippen LogP contribution in [0.4, 0.5) is 0 Å². The molecule has 14 heavy (non-hydrogen) atoms. The van der Waals surface area contributed by atoms with Crippen LogP contribution in [0.3, 0.4) is 0 Å². The molecule has 0 aliphatic carbocycles. The average Bonchev–Trinajstić information content (AvgIpc) is 2.64. The van der Waals surface area contributed by atoms with Crippen molar-refractivity contribution in [3.8, 4) is 0 Å². The van der Waals surface area contributed by atoms with Crippen molar-refractivity contribution in [3.63, 3.8) is 0 Å². The van der Waals surface area contributed by atoms with Crippen molar-refractivity contribution in [2.24, 2.45) is 5.92 Å². The van der Waals surface area contributed by atoms with E-state index >= 15 is 0 Å². The molecule has 0 aliphatic heterocycles. The molecule has 0 fully saturated rings. The number of alkyl halides is 1. The van der Waals surface area contributed by atoms with Gasteiger partial charge in [0, 0.05) is 29.4 Å². The van der Waals surface area contributed by atoms with Gasteiger partial charge in [-0.25, -0.2) is 0 Å². The van der Waals surface area contributed by atoms with E-state index in [9.17, 15) is 0 Å². The summed E-state index contributed by atoms with van der Waals surface area (Å²) < 4.78 is 3.12. The quantitative estimate of drug-likeness (QED) is 0.643. The van der Waals surface area contributed by atoms with Gasteiger partial charge in [-0.2, -0.15) is 5.10 Å². The number of hydrogen-bond donors (Lipinski definition) is 1. The molecule has 1 unspecified atom stereocenters. The van der Waals surface area contributed by atoms with E-state index in [2.05, 4.69) is 46.9 Å². The first kappa shape index (κ1) is 12.0. The van der Waals surface area contributed by atoms with Gasteiger partial charge in [-0.1, -0.05) is 36.4 Å². The molecule has 0 aromatic carbocycles. The summed E-state index contributed by atoms with van der Waals surface area (Å²) in [4.78, 5) is 0. The highest BCUT2D eigenvalue weighted by Gasteiger charge is 2.09. The second-order valence-corrected chi connectivity index (χ2v) is 4.61. The van der Waals surface area contributed by atoms with Gasteiger partial charge in [-0.3, -0.25) is 4.68 Å². The summed E-state index contributed by atoms with van der Waals surface area (Å²) in [6.07, 6.45) is 3.81. The fourth-order valence-corrected chi connectivity index (χ4v) is 2.59. The van der Waals surface area contributed by atoms with Gasteiger partial charge in [-0.05, 0) is 12.0 Å². The molecule has 1 aromatic heterocycles. The molecule has 3 nitrogen and oxygen atoms in total. The molecule has 0 aliphatic rings. The third-order valence-corrected chi connectivity index (χ3v) is 3.23. The first-order valence-electron chi connectivity index (χ1n) is 5.01. The molecular weight excluding hydrogens is 289 g/mol. The summed E-state index contributed by atoms with van der Waals surface area (Å²) in [6.45, 7) is 6.45. The van der Waals surface area contributed by atoms with Crippen LogP contribution in [-0.2, 0) is 6.54 Å². The molecule has 0 saturated carbocycles. The minimum Gasteiger partial charge on any atom is -0.311 e. The Morgan fingerprint density at radius 1 is 1.50 bits per heavy atom. The van der Waals surface area contributed by atoms with Crippen LogP contribution in [0.25, 0.3) is 0 Å². The molecule has 0 bridgehead atoms. The summed E-state index contributed by atoms with van der Waals surface area (Å²) in [5, 5.41) is 7.70. The summed E-state index contributed by atoms with van der Waals surface area (Å²) in [6, 6.07) is 2.57. The normalized spacial score (nSPS) is 13.4. The standard InChI is InChI=1S/C10H18IN3/c1-9(2)10(8-11)12-5-7-14-6-3-4-13-14/h3-4,6,9-10,12H,5,7-8H2,1-2H3. The molecule has 4 heteroatoms. The van der Waals surface area contributed by atoms with Crippen molar-refractivity contribution in [2.75, 3.05) is 11.0 Å². The molecule has 0 spiro atoms. The topological polar surface area (TPSA) is 29.9 Å². The maximum atomic E-state index is 4.16. The molecule has 1 heterocycles. The smallest absolute Gasteiger partial charge is 0.0534 e. The highest BCUT2D eigenvalue weighted by molar-refractivity contribution is 14.1. The lowest BCUT2D eigenvalue weighted by Crippen LogP contribution is -2.37. The van der Waals surface area contributed by atoms with Gasteiger partial charge < -0.3 is 5.32 Å². The summed E-state index contributed by atoms with van der Waals surface area (Å²) in [5.41, 5.74) is 0. The van der Waals surface area contributed by atoms with Crippen LogP contribution in [0, 0.1) is 5.92 Å². The van der Waals surface area contributed by atoms with Gasteiger partial charge in [-0.15, -0.1) is 0 Å². The summed E-state index contributed by atoms with van der Waals surface area (Å²) >= 11 is 2.43. The van der Waals surface area contributed by atoms with Gasteiger partial charge >= 0.3 is 0 Å². The number of rotatable bonds is 6. The third kappa shape index (κ3) is 3.96. The molecule has 80 valence electrons. The van der Waals surface area contributed by atoms with Crippen molar-refractivity contribution in [1.29, 1.82) is 0 Å². The summed E-state index contributed by atoms with van der Waals surface area (Å²) in [7, 11) is 0. The van der Waals surface area contributed by atoms with E-state index in [-0.39, 0.29) is 0 Å². The Morgan fingerprint density at radius 2 is 2.29 bits per heavy atom. The van der Waals surface area contributed by atoms with Gasteiger partial charge in [0.1, 0.15) is 0 Å². The maximum absolute atomic E-state index is 4.16. The number of nitrogens with zero attached hydrogens (tertiary/aromatic N) is 2. The zero-order valence-corrected chi connectivity index (χ0v) is 10.9. The Labute approximate surface area is 99.4 Å². The Balaban J connectivity index is 2.20. The van der Waals surface area contributed by atoms with Crippen LogP contribution >= 0.6 is 22.6 Å². The van der Waals surface area contributed by atoms with Crippen LogP contribution in [0.1, 0.15) is 13.8 Å². The highest BCUT2D eigenvalue weighted by Crippen LogP contribution is 2.04. The third-order valence-electron chi connectivity index (χ3n) is 2.28. The van der Waals surface area contributed by atoms with Crippen LogP contribution < -0.4 is 5.32 Å². The molecule has 1 rings (SSSR count). The predicted octanol–water partition coefficient (Wildman–Crippen LogP) is 1.93. The molecular formula is C10H18IN3. The number of aromatic nitrogens is 2. The number of hydrogen-bond acceptors (Lipinski definition) is 2. The second-order valence-electron chi connectivity index (χ2n) is 3.73. The Kier molecular flexibility index (Phi) is 5.47. The van der Waals surface area contributed by atoms with Crippen LogP contribution in [0.15, 0.2) is 18.5 Å². The van der Waals surface area contributed by atoms with E-state index in [1.54, 1.807) is 0 Å². The Morgan fingerprint density at radius 3 is 2.79 bits per heavy atom. The Hall–Kier alpha value is -0.100. The van der Waals surface area contributed by atoms with E-state index in [1.165, 1.54) is 0 Å². The molecule has 0 radical (unpaired) electrons. The number of halogens is 1. The minimum atomic E-state index is 0.617. The average molecular weight is 307 g/mol. The van der Waals surface area contributed by atoms with E-state index in [1.807, 2.05) is 23.1 Å². The SMILES string of the molecule is CC(C)C(CI)NCCn1cccn1. The molecule has 1 atom stereocenters. The lowest BCUT2D eigenvalue weighted by Gasteiger charge is -2.19. The van der Waals surface area contributed by atoms with E-state index < -0.39 is 0 Å². The predicted molar refractivity (Wildman–Crippen MR) is 67.7 cm³/mol. The maximum Gasteiger partial charge on any atom is 0.0534 e. The van der Waals surface area contributed by atoms with Gasteiger partial charge in [0.25, 0.3) is 0 Å². The minimum absolute atomic E-state index is 0.617. The van der Waals surface area contributed by atoms with Crippen LogP contribution in [-0.4, -0.2) is 26.8 Å². The fraction of sp³-hybridized carbons (Fsp3) is 0.700. The van der Waals surface area contributed by atoms with Crippen molar-refractivity contribution in [2.45, 2.75) is 26.4 Å². The first-order valence-corrected chi connectivity index (χ1v) is 6.53. The van der Waals surface area contributed by atoms with E-state index in [0.29, 0.717) is 12.0 Å². The molecule has 1 N–H and O–H groups in total. The Bertz CT molecular complexity index is 234. The first-order chi connectivity index (χ1) is 6.74. The molecule has 0 saturated heterocycles. The highest BCUT2D eigenvalue weighted by atomic mass is 127. The van der Waals surface area contributed by atoms with Gasteiger partial charge in [0.05, 0.1) is 6.54 Å². The van der Waals surface area contributed by atoms with Crippen LogP contribution in [0.5, 0.6) is 0 Å². The largest absolute Gasteiger partial charge is 0.311 e. The van der Waals surface area contributed by atoms with Crippen molar-refractivity contribution < 1.29 is 0 Å². The van der Waals surface area contributed by atoms with Crippen molar-refractivity contribution in [3.05, 3.63) is 18.5 Å². The van der Waals surface area contributed by atoms with Crippen molar-refractivity contribution >= 4 is 22.6 Å². The van der Waals surface area contributed by atoms with Crippen LogP contribution in [0.2, 0.25) is 0 Å². The number of nitrogens with one attached hydrogen (secondary N) is 1. The lowest BCUT2D eigenvalue weighted by atomic mass is 10.1. The van der Waals surface area contributed by atoms with Crippen molar-refractivity contribution in [1.82, 2.24) is 15.1 Å². The summed E-state index contributed by atoms with van der Waals surface area (Å²) in [5.74, 6) is 0.699. The second kappa shape index (κ2) is 6.40. The zero-order chi connectivity index (χ0) is 10.4. The van der Waals surface area contributed by atoms with Gasteiger partial charge in [0.15, 0.2) is 0 Å². The molecule has 0 amide bonds. The van der Waals surface area contributed by atoms with E-state index in [0.717, 1.165) is 17.5 Å². The fourth-order valence-electron chi connectivity index (χ4n) is 1.27.